The van der Waals surface area contributed by atoms with E-state index in [4.69, 9.17) is 4.74 Å². The van der Waals surface area contributed by atoms with Crippen LogP contribution in [0, 0.1) is 0 Å². The fourth-order valence-corrected chi connectivity index (χ4v) is 3.03. The zero-order chi connectivity index (χ0) is 13.8. The molecule has 2 aromatic rings. The minimum Gasteiger partial charge on any atom is -0.370 e. The summed E-state index contributed by atoms with van der Waals surface area (Å²) < 4.78 is 6.82. The number of thiazole rings is 1. The molecule has 1 heterocycles. The van der Waals surface area contributed by atoms with Crippen LogP contribution in [0.4, 0.5) is 0 Å². The van der Waals surface area contributed by atoms with Gasteiger partial charge in [0.05, 0.1) is 18.9 Å². The zero-order valence-electron chi connectivity index (χ0n) is 11.1. The van der Waals surface area contributed by atoms with Crippen molar-refractivity contribution in [3.8, 4) is 0 Å². The minimum absolute atomic E-state index is 0.571. The Morgan fingerprint density at radius 3 is 2.95 bits per heavy atom. The lowest BCUT2D eigenvalue weighted by molar-refractivity contribution is 0.104. The molecular weight excluding hydrogens is 336 g/mol. The van der Waals surface area contributed by atoms with Crippen molar-refractivity contribution in [1.29, 1.82) is 0 Å². The smallest absolute Gasteiger partial charge is 0.107 e. The van der Waals surface area contributed by atoms with E-state index >= 15 is 0 Å². The lowest BCUT2D eigenvalue weighted by atomic mass is 10.2. The highest BCUT2D eigenvalue weighted by atomic mass is 79.9. The number of nitrogens with zero attached hydrogens (tertiary/aromatic N) is 1. The van der Waals surface area contributed by atoms with Crippen molar-refractivity contribution in [1.82, 2.24) is 10.3 Å². The van der Waals surface area contributed by atoms with Gasteiger partial charge in [-0.2, -0.15) is 0 Å². The molecule has 1 N–H and O–H groups in total. The van der Waals surface area contributed by atoms with Gasteiger partial charge < -0.3 is 10.1 Å². The molecule has 1 saturated carbocycles. The fourth-order valence-electron chi connectivity index (χ4n) is 1.90. The van der Waals surface area contributed by atoms with Crippen molar-refractivity contribution in [3.05, 3.63) is 50.4 Å². The molecule has 20 heavy (non-hydrogen) atoms. The van der Waals surface area contributed by atoms with Gasteiger partial charge in [0.2, 0.25) is 0 Å². The molecule has 0 unspecified atom stereocenters. The molecular formula is C15H17BrN2OS. The number of rotatable bonds is 7. The maximum atomic E-state index is 5.73. The van der Waals surface area contributed by atoms with E-state index in [1.54, 1.807) is 11.3 Å². The van der Waals surface area contributed by atoms with Crippen molar-refractivity contribution in [2.24, 2.45) is 0 Å². The Morgan fingerprint density at radius 1 is 1.30 bits per heavy atom. The van der Waals surface area contributed by atoms with Gasteiger partial charge in [0, 0.05) is 22.4 Å². The minimum atomic E-state index is 0.571. The van der Waals surface area contributed by atoms with Gasteiger partial charge in [0.1, 0.15) is 5.01 Å². The van der Waals surface area contributed by atoms with Crippen LogP contribution in [0.5, 0.6) is 0 Å². The number of hydrogen-bond acceptors (Lipinski definition) is 4. The van der Waals surface area contributed by atoms with Gasteiger partial charge in [-0.15, -0.1) is 11.3 Å². The third kappa shape index (κ3) is 4.12. The molecule has 1 aliphatic carbocycles. The highest BCUT2D eigenvalue weighted by Crippen LogP contribution is 2.20. The van der Waals surface area contributed by atoms with Crippen LogP contribution in [0.15, 0.2) is 34.1 Å². The van der Waals surface area contributed by atoms with Crippen LogP contribution in [0.2, 0.25) is 0 Å². The van der Waals surface area contributed by atoms with Crippen LogP contribution in [0.3, 0.4) is 0 Å². The molecule has 0 amide bonds. The van der Waals surface area contributed by atoms with Crippen molar-refractivity contribution < 1.29 is 4.74 Å². The van der Waals surface area contributed by atoms with Gasteiger partial charge in [-0.05, 0) is 24.5 Å². The van der Waals surface area contributed by atoms with Crippen molar-refractivity contribution in [2.75, 3.05) is 0 Å². The summed E-state index contributed by atoms with van der Waals surface area (Å²) >= 11 is 5.23. The molecule has 106 valence electrons. The molecule has 1 aromatic carbocycles. The topological polar surface area (TPSA) is 34.1 Å². The van der Waals surface area contributed by atoms with Crippen LogP contribution in [0.25, 0.3) is 0 Å². The van der Waals surface area contributed by atoms with E-state index in [-0.39, 0.29) is 0 Å². The summed E-state index contributed by atoms with van der Waals surface area (Å²) in [6.45, 7) is 2.06. The largest absolute Gasteiger partial charge is 0.370 e. The number of nitrogens with one attached hydrogen (secondary N) is 1. The van der Waals surface area contributed by atoms with Crippen LogP contribution >= 0.6 is 27.3 Å². The van der Waals surface area contributed by atoms with E-state index in [2.05, 4.69) is 37.7 Å². The first-order valence-electron chi connectivity index (χ1n) is 6.79. The second kappa shape index (κ2) is 6.80. The second-order valence-electron chi connectivity index (χ2n) is 4.97. The van der Waals surface area contributed by atoms with E-state index in [1.165, 1.54) is 18.4 Å². The summed E-state index contributed by atoms with van der Waals surface area (Å²) in [4.78, 5) is 4.58. The highest BCUT2D eigenvalue weighted by Gasteiger charge is 2.20. The molecule has 1 aromatic heterocycles. The number of halogens is 1. The normalized spacial score (nSPS) is 14.7. The lowest BCUT2D eigenvalue weighted by Crippen LogP contribution is -2.15. The average Bonchev–Trinajstić information content (AvgIpc) is 3.18. The van der Waals surface area contributed by atoms with Gasteiger partial charge in [0.15, 0.2) is 0 Å². The Bertz CT molecular complexity index is 569. The number of ether oxygens (including phenoxy) is 1. The van der Waals surface area contributed by atoms with Crippen molar-refractivity contribution in [2.45, 2.75) is 38.6 Å². The molecule has 0 aliphatic heterocycles. The maximum Gasteiger partial charge on any atom is 0.107 e. The molecule has 0 spiro atoms. The molecule has 3 rings (SSSR count). The summed E-state index contributed by atoms with van der Waals surface area (Å²) in [6.07, 6.45) is 2.63. The first kappa shape index (κ1) is 14.2. The van der Waals surface area contributed by atoms with Crippen LogP contribution in [-0.4, -0.2) is 11.0 Å². The molecule has 1 fully saturated rings. The van der Waals surface area contributed by atoms with Gasteiger partial charge >= 0.3 is 0 Å². The Morgan fingerprint density at radius 2 is 2.15 bits per heavy atom. The van der Waals surface area contributed by atoms with Gasteiger partial charge in [-0.3, -0.25) is 0 Å². The predicted octanol–water partition coefficient (Wildman–Crippen LogP) is 3.87. The van der Waals surface area contributed by atoms with Crippen LogP contribution in [0.1, 0.15) is 29.1 Å². The summed E-state index contributed by atoms with van der Waals surface area (Å²) in [5.41, 5.74) is 2.19. The standard InChI is InChI=1S/C15H17BrN2OS/c16-14-4-2-1-3-11(14)8-19-9-13-10-20-15(18-13)7-17-12-5-6-12/h1-4,10,12,17H,5-9H2. The van der Waals surface area contributed by atoms with Gasteiger partial charge in [-0.1, -0.05) is 34.1 Å². The summed E-state index contributed by atoms with van der Waals surface area (Å²) in [6, 6.07) is 8.86. The molecule has 1 aliphatic rings. The van der Waals surface area contributed by atoms with E-state index in [9.17, 15) is 0 Å². The first-order chi connectivity index (χ1) is 9.81. The Kier molecular flexibility index (Phi) is 4.83. The van der Waals surface area contributed by atoms with E-state index in [1.807, 2.05) is 18.2 Å². The van der Waals surface area contributed by atoms with Crippen LogP contribution in [-0.2, 0) is 24.5 Å². The molecule has 0 atom stereocenters. The number of hydrogen-bond donors (Lipinski definition) is 1. The zero-order valence-corrected chi connectivity index (χ0v) is 13.5. The molecule has 5 heteroatoms. The fraction of sp³-hybridized carbons (Fsp3) is 0.400. The van der Waals surface area contributed by atoms with E-state index in [0.29, 0.717) is 13.2 Å². The lowest BCUT2D eigenvalue weighted by Gasteiger charge is -2.04. The van der Waals surface area contributed by atoms with Gasteiger partial charge in [0.25, 0.3) is 0 Å². The van der Waals surface area contributed by atoms with Crippen molar-refractivity contribution in [3.63, 3.8) is 0 Å². The quantitative estimate of drug-likeness (QED) is 0.820. The average molecular weight is 353 g/mol. The molecule has 0 radical (unpaired) electrons. The van der Waals surface area contributed by atoms with Crippen molar-refractivity contribution >= 4 is 27.3 Å². The SMILES string of the molecule is Brc1ccccc1COCc1csc(CNC2CC2)n1. The molecule has 0 saturated heterocycles. The molecule has 0 bridgehead atoms. The maximum absolute atomic E-state index is 5.73. The van der Waals surface area contributed by atoms with Crippen LogP contribution < -0.4 is 5.32 Å². The van der Waals surface area contributed by atoms with E-state index in [0.717, 1.165) is 27.8 Å². The third-order valence-electron chi connectivity index (χ3n) is 3.18. The summed E-state index contributed by atoms with van der Waals surface area (Å²) in [5, 5.41) is 6.71. The highest BCUT2D eigenvalue weighted by molar-refractivity contribution is 9.10. The third-order valence-corrected chi connectivity index (χ3v) is 4.86. The monoisotopic (exact) mass is 352 g/mol. The Labute approximate surface area is 131 Å². The summed E-state index contributed by atoms with van der Waals surface area (Å²) in [7, 11) is 0. The van der Waals surface area contributed by atoms with Gasteiger partial charge in [-0.25, -0.2) is 4.98 Å². The Balaban J connectivity index is 1.45. The summed E-state index contributed by atoms with van der Waals surface area (Å²) in [5.74, 6) is 0. The Hall–Kier alpha value is -0.750. The molecule has 3 nitrogen and oxygen atoms in total. The predicted molar refractivity (Wildman–Crippen MR) is 84.6 cm³/mol. The van der Waals surface area contributed by atoms with E-state index < -0.39 is 0 Å². The first-order valence-corrected chi connectivity index (χ1v) is 8.46. The number of aromatic nitrogens is 1. The number of benzene rings is 1. The second-order valence-corrected chi connectivity index (χ2v) is 6.77.